The lowest BCUT2D eigenvalue weighted by atomic mass is 10.2. The lowest BCUT2D eigenvalue weighted by molar-refractivity contribution is 0.920. The SMILES string of the molecule is Cn1cnnc1-c1ccc(NCc2cc(Br)cs2)cc1. The van der Waals surface area contributed by atoms with Gasteiger partial charge < -0.3 is 9.88 Å². The van der Waals surface area contributed by atoms with Gasteiger partial charge in [0.2, 0.25) is 0 Å². The van der Waals surface area contributed by atoms with Crippen LogP contribution in [0.25, 0.3) is 11.4 Å². The molecule has 0 unspecified atom stereocenters. The molecule has 0 saturated heterocycles. The highest BCUT2D eigenvalue weighted by Crippen LogP contribution is 2.22. The average molecular weight is 349 g/mol. The van der Waals surface area contributed by atoms with E-state index in [1.807, 2.05) is 11.6 Å². The molecule has 0 saturated carbocycles. The van der Waals surface area contributed by atoms with E-state index >= 15 is 0 Å². The van der Waals surface area contributed by atoms with Crippen molar-refractivity contribution in [3.05, 3.63) is 51.4 Å². The molecule has 0 bridgehead atoms. The summed E-state index contributed by atoms with van der Waals surface area (Å²) in [7, 11) is 1.94. The number of anilines is 1. The van der Waals surface area contributed by atoms with E-state index < -0.39 is 0 Å². The first-order valence-electron chi connectivity index (χ1n) is 6.13. The lowest BCUT2D eigenvalue weighted by Gasteiger charge is -2.06. The molecule has 0 aliphatic heterocycles. The normalized spacial score (nSPS) is 10.7. The predicted octanol–water partition coefficient (Wildman–Crippen LogP) is 3.92. The first kappa shape index (κ1) is 13.3. The van der Waals surface area contributed by atoms with Gasteiger partial charge in [0.15, 0.2) is 5.82 Å². The van der Waals surface area contributed by atoms with Crippen molar-refractivity contribution in [2.24, 2.45) is 7.05 Å². The second kappa shape index (κ2) is 5.76. The second-order valence-corrected chi connectivity index (χ2v) is 6.34. The molecule has 102 valence electrons. The highest BCUT2D eigenvalue weighted by molar-refractivity contribution is 9.10. The topological polar surface area (TPSA) is 42.7 Å². The van der Waals surface area contributed by atoms with Crippen LogP contribution < -0.4 is 5.32 Å². The highest BCUT2D eigenvalue weighted by Gasteiger charge is 2.04. The number of halogens is 1. The number of hydrogen-bond donors (Lipinski definition) is 1. The Balaban J connectivity index is 1.69. The first-order valence-corrected chi connectivity index (χ1v) is 7.81. The summed E-state index contributed by atoms with van der Waals surface area (Å²) in [6.45, 7) is 0.833. The zero-order chi connectivity index (χ0) is 13.9. The van der Waals surface area contributed by atoms with Crippen molar-refractivity contribution in [1.29, 1.82) is 0 Å². The van der Waals surface area contributed by atoms with Crippen LogP contribution in [0.5, 0.6) is 0 Å². The van der Waals surface area contributed by atoms with Gasteiger partial charge in [0, 0.05) is 39.6 Å². The minimum atomic E-state index is 0.833. The van der Waals surface area contributed by atoms with Gasteiger partial charge in [-0.1, -0.05) is 0 Å². The lowest BCUT2D eigenvalue weighted by Crippen LogP contribution is -1.97. The molecule has 0 radical (unpaired) electrons. The highest BCUT2D eigenvalue weighted by atomic mass is 79.9. The molecule has 0 amide bonds. The van der Waals surface area contributed by atoms with Crippen LogP contribution >= 0.6 is 27.3 Å². The van der Waals surface area contributed by atoms with Crippen molar-refractivity contribution in [3.63, 3.8) is 0 Å². The predicted molar refractivity (Wildman–Crippen MR) is 85.8 cm³/mol. The zero-order valence-electron chi connectivity index (χ0n) is 10.9. The smallest absolute Gasteiger partial charge is 0.163 e. The molecule has 4 nitrogen and oxygen atoms in total. The quantitative estimate of drug-likeness (QED) is 0.776. The third-order valence-electron chi connectivity index (χ3n) is 2.94. The number of hydrogen-bond acceptors (Lipinski definition) is 4. The van der Waals surface area contributed by atoms with Crippen LogP contribution in [0.15, 0.2) is 46.5 Å². The third kappa shape index (κ3) is 2.91. The summed E-state index contributed by atoms with van der Waals surface area (Å²) in [5.74, 6) is 0.874. The molecule has 20 heavy (non-hydrogen) atoms. The molecule has 1 N–H and O–H groups in total. The number of nitrogens with zero attached hydrogens (tertiary/aromatic N) is 3. The molecule has 2 aromatic heterocycles. The zero-order valence-corrected chi connectivity index (χ0v) is 13.3. The minimum absolute atomic E-state index is 0.833. The van der Waals surface area contributed by atoms with Crippen LogP contribution in [0.2, 0.25) is 0 Å². The van der Waals surface area contributed by atoms with Crippen molar-refractivity contribution in [2.75, 3.05) is 5.32 Å². The average Bonchev–Trinajstić information content (AvgIpc) is 3.06. The van der Waals surface area contributed by atoms with Gasteiger partial charge in [-0.05, 0) is 46.3 Å². The summed E-state index contributed by atoms with van der Waals surface area (Å²) < 4.78 is 3.04. The Kier molecular flexibility index (Phi) is 3.84. The van der Waals surface area contributed by atoms with Crippen LogP contribution in [0.4, 0.5) is 5.69 Å². The maximum atomic E-state index is 4.10. The van der Waals surface area contributed by atoms with Gasteiger partial charge in [0.05, 0.1) is 0 Å². The number of nitrogens with one attached hydrogen (secondary N) is 1. The van der Waals surface area contributed by atoms with Crippen molar-refractivity contribution in [3.8, 4) is 11.4 Å². The Hall–Kier alpha value is -1.66. The number of aryl methyl sites for hydroxylation is 1. The molecular formula is C14H13BrN4S. The van der Waals surface area contributed by atoms with Crippen molar-refractivity contribution < 1.29 is 0 Å². The van der Waals surface area contributed by atoms with Crippen molar-refractivity contribution in [2.45, 2.75) is 6.54 Å². The van der Waals surface area contributed by atoms with E-state index in [4.69, 9.17) is 0 Å². The van der Waals surface area contributed by atoms with E-state index in [0.29, 0.717) is 0 Å². The molecule has 1 aromatic carbocycles. The number of thiophene rings is 1. The van der Waals surface area contributed by atoms with E-state index in [-0.39, 0.29) is 0 Å². The molecule has 3 rings (SSSR count). The first-order chi connectivity index (χ1) is 9.72. The fraction of sp³-hybridized carbons (Fsp3) is 0.143. The van der Waals surface area contributed by atoms with Gasteiger partial charge in [0.25, 0.3) is 0 Å². The minimum Gasteiger partial charge on any atom is -0.380 e. The molecule has 0 fully saturated rings. The van der Waals surface area contributed by atoms with E-state index in [9.17, 15) is 0 Å². The molecule has 3 aromatic rings. The summed E-state index contributed by atoms with van der Waals surface area (Å²) in [4.78, 5) is 1.30. The number of aromatic nitrogens is 3. The largest absolute Gasteiger partial charge is 0.380 e. The molecule has 2 heterocycles. The second-order valence-electron chi connectivity index (χ2n) is 4.43. The molecule has 0 spiro atoms. The fourth-order valence-electron chi connectivity index (χ4n) is 1.92. The Morgan fingerprint density at radius 2 is 2.10 bits per heavy atom. The van der Waals surface area contributed by atoms with E-state index in [0.717, 1.165) is 28.1 Å². The van der Waals surface area contributed by atoms with Gasteiger partial charge in [-0.2, -0.15) is 0 Å². The van der Waals surface area contributed by atoms with Crippen LogP contribution in [-0.2, 0) is 13.6 Å². The van der Waals surface area contributed by atoms with Crippen LogP contribution in [0.3, 0.4) is 0 Å². The maximum Gasteiger partial charge on any atom is 0.163 e. The van der Waals surface area contributed by atoms with Crippen molar-refractivity contribution >= 4 is 33.0 Å². The summed E-state index contributed by atoms with van der Waals surface area (Å²) in [5.41, 5.74) is 2.16. The Labute approximate surface area is 129 Å². The van der Waals surface area contributed by atoms with E-state index in [1.54, 1.807) is 17.7 Å². The summed E-state index contributed by atoms with van der Waals surface area (Å²) in [6, 6.07) is 10.4. The van der Waals surface area contributed by atoms with Gasteiger partial charge >= 0.3 is 0 Å². The van der Waals surface area contributed by atoms with Crippen LogP contribution in [0, 0.1) is 0 Å². The standard InChI is InChI=1S/C14H13BrN4S/c1-19-9-17-18-14(19)10-2-4-12(5-3-10)16-7-13-6-11(15)8-20-13/h2-6,8-9,16H,7H2,1H3. The summed E-state index contributed by atoms with van der Waals surface area (Å²) >= 11 is 5.21. The van der Waals surface area contributed by atoms with Crippen LogP contribution in [-0.4, -0.2) is 14.8 Å². The molecular weight excluding hydrogens is 336 g/mol. The van der Waals surface area contributed by atoms with Gasteiger partial charge in [-0.15, -0.1) is 21.5 Å². The van der Waals surface area contributed by atoms with Crippen molar-refractivity contribution in [1.82, 2.24) is 14.8 Å². The van der Waals surface area contributed by atoms with E-state index in [1.165, 1.54) is 4.88 Å². The van der Waals surface area contributed by atoms with Gasteiger partial charge in [-0.25, -0.2) is 0 Å². The Morgan fingerprint density at radius 1 is 1.30 bits per heavy atom. The maximum absolute atomic E-state index is 4.10. The molecule has 0 aliphatic rings. The Morgan fingerprint density at radius 3 is 2.70 bits per heavy atom. The summed E-state index contributed by atoms with van der Waals surface area (Å²) in [6.07, 6.45) is 1.70. The number of rotatable bonds is 4. The van der Waals surface area contributed by atoms with Gasteiger partial charge in [-0.3, -0.25) is 0 Å². The van der Waals surface area contributed by atoms with Gasteiger partial charge in [0.1, 0.15) is 6.33 Å². The fourth-order valence-corrected chi connectivity index (χ4v) is 3.31. The Bertz CT molecular complexity index is 702. The number of benzene rings is 1. The van der Waals surface area contributed by atoms with E-state index in [2.05, 4.69) is 67.2 Å². The summed E-state index contributed by atoms with van der Waals surface area (Å²) in [5, 5.41) is 13.5. The molecule has 0 aliphatic carbocycles. The third-order valence-corrected chi connectivity index (χ3v) is 4.64. The molecule has 0 atom stereocenters. The monoisotopic (exact) mass is 348 g/mol. The molecule has 6 heteroatoms. The van der Waals surface area contributed by atoms with Crippen LogP contribution in [0.1, 0.15) is 4.88 Å².